The van der Waals surface area contributed by atoms with Crippen molar-refractivity contribution in [3.8, 4) is 5.75 Å². The third-order valence-electron chi connectivity index (χ3n) is 4.01. The predicted molar refractivity (Wildman–Crippen MR) is 102 cm³/mol. The maximum Gasteiger partial charge on any atom is 0.335 e. The lowest BCUT2D eigenvalue weighted by Crippen LogP contribution is -2.36. The van der Waals surface area contributed by atoms with Crippen molar-refractivity contribution in [2.45, 2.75) is 0 Å². The maximum atomic E-state index is 11.0. The van der Waals surface area contributed by atoms with Crippen LogP contribution in [0.4, 0.5) is 5.69 Å². The molecule has 0 bridgehead atoms. The van der Waals surface area contributed by atoms with Crippen molar-refractivity contribution in [3.63, 3.8) is 0 Å². The number of hydrogen-bond donors (Lipinski definition) is 2. The van der Waals surface area contributed by atoms with Gasteiger partial charge in [0.05, 0.1) is 24.5 Å². The highest BCUT2D eigenvalue weighted by Crippen LogP contribution is 2.20. The van der Waals surface area contributed by atoms with Gasteiger partial charge >= 0.3 is 5.97 Å². The van der Waals surface area contributed by atoms with Crippen LogP contribution in [0.3, 0.4) is 0 Å². The number of halogens is 1. The van der Waals surface area contributed by atoms with E-state index in [0.29, 0.717) is 5.75 Å². The number of carbonyl (C=O) groups is 1. The lowest BCUT2D eigenvalue weighted by molar-refractivity contribution is 0.0696. The standard InChI is InChI=1S/C18H19N3O5.ClH/c22-18(23)13-5-6-19-16(11-13)17(20-24)12-26-15-3-1-14(2-4-15)21-7-9-25-10-8-21;/h1-6,11,24H,7-10,12H2,(H,22,23);1H/b20-17+;. The van der Waals surface area contributed by atoms with Crippen LogP contribution in [0.25, 0.3) is 0 Å². The summed E-state index contributed by atoms with van der Waals surface area (Å²) in [7, 11) is 0. The van der Waals surface area contributed by atoms with Gasteiger partial charge in [0.15, 0.2) is 0 Å². The van der Waals surface area contributed by atoms with Gasteiger partial charge in [0.2, 0.25) is 0 Å². The first kappa shape index (κ1) is 20.5. The van der Waals surface area contributed by atoms with Crippen molar-refractivity contribution in [2.75, 3.05) is 37.8 Å². The lowest BCUT2D eigenvalue weighted by atomic mass is 10.2. The van der Waals surface area contributed by atoms with Gasteiger partial charge in [-0.25, -0.2) is 4.79 Å². The van der Waals surface area contributed by atoms with Gasteiger partial charge in [-0.2, -0.15) is 0 Å². The Morgan fingerprint density at radius 2 is 1.93 bits per heavy atom. The quantitative estimate of drug-likeness (QED) is 0.440. The third-order valence-corrected chi connectivity index (χ3v) is 4.01. The highest BCUT2D eigenvalue weighted by molar-refractivity contribution is 6.01. The Bertz CT molecular complexity index is 792. The number of morpholine rings is 1. The maximum absolute atomic E-state index is 11.0. The minimum absolute atomic E-state index is 0. The van der Waals surface area contributed by atoms with E-state index in [1.165, 1.54) is 18.3 Å². The van der Waals surface area contributed by atoms with Gasteiger partial charge in [-0.05, 0) is 36.4 Å². The molecule has 2 aromatic rings. The zero-order valence-electron chi connectivity index (χ0n) is 14.4. The van der Waals surface area contributed by atoms with Crippen LogP contribution in [-0.2, 0) is 4.74 Å². The number of hydrogen-bond acceptors (Lipinski definition) is 7. The largest absolute Gasteiger partial charge is 0.487 e. The van der Waals surface area contributed by atoms with Crippen molar-refractivity contribution in [1.82, 2.24) is 4.98 Å². The second-order valence-electron chi connectivity index (χ2n) is 5.66. The molecule has 1 aromatic heterocycles. The Morgan fingerprint density at radius 3 is 2.56 bits per heavy atom. The van der Waals surface area contributed by atoms with Crippen LogP contribution in [0.2, 0.25) is 0 Å². The first-order valence-corrected chi connectivity index (χ1v) is 8.13. The molecule has 0 radical (unpaired) electrons. The van der Waals surface area contributed by atoms with Crippen molar-refractivity contribution >= 4 is 29.8 Å². The third kappa shape index (κ3) is 5.32. The normalized spacial score (nSPS) is 14.4. The Labute approximate surface area is 162 Å². The van der Waals surface area contributed by atoms with Crippen LogP contribution in [0.5, 0.6) is 5.75 Å². The van der Waals surface area contributed by atoms with Gasteiger partial charge in [0.1, 0.15) is 18.1 Å². The summed E-state index contributed by atoms with van der Waals surface area (Å²) in [5, 5.41) is 21.4. The number of carboxylic acid groups (broad SMARTS) is 1. The van der Waals surface area contributed by atoms with E-state index in [2.05, 4.69) is 15.0 Å². The van der Waals surface area contributed by atoms with Crippen molar-refractivity contribution in [1.29, 1.82) is 0 Å². The van der Waals surface area contributed by atoms with E-state index in [4.69, 9.17) is 14.6 Å². The van der Waals surface area contributed by atoms with Gasteiger partial charge in [0.25, 0.3) is 0 Å². The SMILES string of the molecule is Cl.O=C(O)c1ccnc(/C(COc2ccc(N3CCOCC3)cc2)=N/O)c1. The summed E-state index contributed by atoms with van der Waals surface area (Å²) in [6.45, 7) is 3.11. The Kier molecular flexibility index (Phi) is 7.39. The molecule has 27 heavy (non-hydrogen) atoms. The second kappa shape index (κ2) is 9.75. The molecule has 1 aromatic carbocycles. The van der Waals surface area contributed by atoms with E-state index >= 15 is 0 Å². The minimum Gasteiger partial charge on any atom is -0.487 e. The number of oxime groups is 1. The number of aromatic nitrogens is 1. The number of rotatable bonds is 6. The first-order chi connectivity index (χ1) is 12.7. The Morgan fingerprint density at radius 1 is 1.22 bits per heavy atom. The van der Waals surface area contributed by atoms with Crippen molar-refractivity contribution < 1.29 is 24.6 Å². The molecule has 0 amide bonds. The smallest absolute Gasteiger partial charge is 0.335 e. The summed E-state index contributed by atoms with van der Waals surface area (Å²) in [5.74, 6) is -0.469. The summed E-state index contributed by atoms with van der Waals surface area (Å²) < 4.78 is 11.0. The van der Waals surface area contributed by atoms with E-state index in [-0.39, 0.29) is 36.0 Å². The zero-order chi connectivity index (χ0) is 18.4. The van der Waals surface area contributed by atoms with E-state index in [0.717, 1.165) is 32.0 Å². The average molecular weight is 394 g/mol. The van der Waals surface area contributed by atoms with Crippen molar-refractivity contribution in [3.05, 3.63) is 53.9 Å². The summed E-state index contributed by atoms with van der Waals surface area (Å²) >= 11 is 0. The van der Waals surface area contributed by atoms with Crippen molar-refractivity contribution in [2.24, 2.45) is 5.16 Å². The molecule has 0 aliphatic carbocycles. The molecular weight excluding hydrogens is 374 g/mol. The topological polar surface area (TPSA) is 104 Å². The number of pyridine rings is 1. The van der Waals surface area contributed by atoms with Gasteiger partial charge < -0.3 is 24.7 Å². The fourth-order valence-corrected chi connectivity index (χ4v) is 2.60. The number of anilines is 1. The minimum atomic E-state index is -1.08. The molecule has 1 aliphatic rings. The van der Waals surface area contributed by atoms with Gasteiger partial charge in [-0.3, -0.25) is 4.98 Å². The van der Waals surface area contributed by atoms with Crippen LogP contribution in [0, 0.1) is 0 Å². The first-order valence-electron chi connectivity index (χ1n) is 8.13. The molecule has 0 unspecified atom stereocenters. The highest BCUT2D eigenvalue weighted by Gasteiger charge is 2.13. The van der Waals surface area contributed by atoms with E-state index in [1.54, 1.807) is 0 Å². The molecule has 0 spiro atoms. The Hall–Kier alpha value is -2.84. The number of aromatic carboxylic acids is 1. The molecule has 1 fully saturated rings. The number of ether oxygens (including phenoxy) is 2. The second-order valence-corrected chi connectivity index (χ2v) is 5.66. The molecule has 1 saturated heterocycles. The molecule has 2 heterocycles. The fraction of sp³-hybridized carbons (Fsp3) is 0.278. The predicted octanol–water partition coefficient (Wildman–Crippen LogP) is 2.30. The molecule has 2 N–H and O–H groups in total. The van der Waals surface area contributed by atoms with E-state index < -0.39 is 5.97 Å². The summed E-state index contributed by atoms with van der Waals surface area (Å²) in [4.78, 5) is 17.3. The lowest BCUT2D eigenvalue weighted by Gasteiger charge is -2.28. The summed E-state index contributed by atoms with van der Waals surface area (Å²) in [6.07, 6.45) is 1.35. The Balaban J connectivity index is 0.00000261. The molecule has 8 nitrogen and oxygen atoms in total. The van der Waals surface area contributed by atoms with E-state index in [9.17, 15) is 10.0 Å². The molecule has 0 atom stereocenters. The number of carboxylic acids is 1. The molecule has 0 saturated carbocycles. The fourth-order valence-electron chi connectivity index (χ4n) is 2.60. The van der Waals surface area contributed by atoms with Crippen LogP contribution in [0.1, 0.15) is 16.1 Å². The van der Waals surface area contributed by atoms with Gasteiger partial charge in [-0.15, -0.1) is 12.4 Å². The number of nitrogens with zero attached hydrogens (tertiary/aromatic N) is 3. The van der Waals surface area contributed by atoms with Crippen LogP contribution in [-0.4, -0.2) is 59.9 Å². The molecule has 1 aliphatic heterocycles. The van der Waals surface area contributed by atoms with Crippen LogP contribution >= 0.6 is 12.4 Å². The summed E-state index contributed by atoms with van der Waals surface area (Å²) in [5.41, 5.74) is 1.54. The van der Waals surface area contributed by atoms with Gasteiger partial charge in [-0.1, -0.05) is 5.16 Å². The van der Waals surface area contributed by atoms with Crippen LogP contribution in [0.15, 0.2) is 47.8 Å². The highest BCUT2D eigenvalue weighted by atomic mass is 35.5. The van der Waals surface area contributed by atoms with Gasteiger partial charge in [0, 0.05) is 25.0 Å². The monoisotopic (exact) mass is 393 g/mol. The number of benzene rings is 1. The zero-order valence-corrected chi connectivity index (χ0v) is 15.3. The molecule has 3 rings (SSSR count). The molecular formula is C18H20ClN3O5. The van der Waals surface area contributed by atoms with E-state index in [1.807, 2.05) is 24.3 Å². The molecule has 144 valence electrons. The van der Waals surface area contributed by atoms with Crippen LogP contribution < -0.4 is 9.64 Å². The average Bonchev–Trinajstić information content (AvgIpc) is 2.70. The summed E-state index contributed by atoms with van der Waals surface area (Å²) in [6, 6.07) is 10.3. The molecule has 9 heteroatoms.